The summed E-state index contributed by atoms with van der Waals surface area (Å²) in [6.45, 7) is -0.0989. The number of hydrogen-bond donors (Lipinski definition) is 1. The van der Waals surface area contributed by atoms with Gasteiger partial charge in [0.15, 0.2) is 0 Å². The largest absolute Gasteiger partial charge is 0.420 e. The second-order valence-corrected chi connectivity index (χ2v) is 4.96. The molecule has 0 radical (unpaired) electrons. The Kier molecular flexibility index (Phi) is 4.02. The normalized spacial score (nSPS) is 11.8. The van der Waals surface area contributed by atoms with Gasteiger partial charge in [0.05, 0.1) is 0 Å². The van der Waals surface area contributed by atoms with Crippen molar-refractivity contribution in [3.8, 4) is 10.7 Å². The molecule has 0 saturated heterocycles. The maximum Gasteiger partial charge on any atom is 0.420 e. The highest BCUT2D eigenvalue weighted by Gasteiger charge is 2.36. The fourth-order valence-electron chi connectivity index (χ4n) is 1.37. The van der Waals surface area contributed by atoms with Crippen molar-refractivity contribution in [1.29, 1.82) is 0 Å². The van der Waals surface area contributed by atoms with Gasteiger partial charge < -0.3 is 5.11 Å². The van der Waals surface area contributed by atoms with E-state index in [0.717, 1.165) is 11.3 Å². The van der Waals surface area contributed by atoms with Crippen molar-refractivity contribution in [2.24, 2.45) is 0 Å². The van der Waals surface area contributed by atoms with Gasteiger partial charge in [-0.15, -0.1) is 11.3 Å². The molecule has 0 unspecified atom stereocenters. The van der Waals surface area contributed by atoms with Crippen LogP contribution >= 0.6 is 22.9 Å². The standard InChI is InChI=1S/C10H7ClF3N3OS/c11-9-16-4-6(10(12,13)14)7(17-9)8-15-3-5(19-8)1-2-18/h3-4,18H,1-2H2. The Balaban J connectivity index is 2.50. The van der Waals surface area contributed by atoms with Crippen LogP contribution in [0.25, 0.3) is 10.7 Å². The lowest BCUT2D eigenvalue weighted by molar-refractivity contribution is -0.137. The Morgan fingerprint density at radius 3 is 2.63 bits per heavy atom. The van der Waals surface area contributed by atoms with Crippen LogP contribution in [0.5, 0.6) is 0 Å². The first-order valence-electron chi connectivity index (χ1n) is 5.07. The number of hydrogen-bond acceptors (Lipinski definition) is 5. The molecule has 0 aliphatic carbocycles. The molecule has 2 aromatic heterocycles. The molecule has 9 heteroatoms. The molecular formula is C10H7ClF3N3OS. The molecule has 4 nitrogen and oxygen atoms in total. The van der Waals surface area contributed by atoms with E-state index >= 15 is 0 Å². The van der Waals surface area contributed by atoms with Crippen molar-refractivity contribution in [2.75, 3.05) is 6.61 Å². The summed E-state index contributed by atoms with van der Waals surface area (Å²) in [5.41, 5.74) is -1.33. The van der Waals surface area contributed by atoms with E-state index in [-0.39, 0.29) is 22.6 Å². The molecule has 0 aliphatic heterocycles. The number of halogens is 4. The molecule has 0 atom stereocenters. The molecule has 0 aliphatic rings. The van der Waals surface area contributed by atoms with Crippen molar-refractivity contribution in [3.05, 3.63) is 28.1 Å². The fourth-order valence-corrected chi connectivity index (χ4v) is 2.41. The summed E-state index contributed by atoms with van der Waals surface area (Å²) >= 11 is 6.56. The average Bonchev–Trinajstić information content (AvgIpc) is 2.76. The zero-order chi connectivity index (χ0) is 14.0. The fraction of sp³-hybridized carbons (Fsp3) is 0.300. The second-order valence-electron chi connectivity index (χ2n) is 3.50. The summed E-state index contributed by atoms with van der Waals surface area (Å²) in [7, 11) is 0. The van der Waals surface area contributed by atoms with E-state index in [0.29, 0.717) is 17.5 Å². The van der Waals surface area contributed by atoms with E-state index in [4.69, 9.17) is 16.7 Å². The minimum absolute atomic E-state index is 0.0973. The third-order valence-corrected chi connectivity index (χ3v) is 3.43. The summed E-state index contributed by atoms with van der Waals surface area (Å²) in [4.78, 5) is 11.5. The molecule has 2 aromatic rings. The number of aliphatic hydroxyl groups excluding tert-OH is 1. The van der Waals surface area contributed by atoms with Crippen molar-refractivity contribution in [2.45, 2.75) is 12.6 Å². The molecule has 2 rings (SSSR count). The topological polar surface area (TPSA) is 58.9 Å². The Morgan fingerprint density at radius 2 is 2.00 bits per heavy atom. The highest BCUT2D eigenvalue weighted by atomic mass is 35.5. The van der Waals surface area contributed by atoms with Gasteiger partial charge in [0, 0.05) is 30.3 Å². The highest BCUT2D eigenvalue weighted by molar-refractivity contribution is 7.15. The summed E-state index contributed by atoms with van der Waals surface area (Å²) in [6, 6.07) is 0. The molecule has 0 amide bonds. The minimum atomic E-state index is -4.58. The van der Waals surface area contributed by atoms with E-state index in [1.165, 1.54) is 6.20 Å². The first-order valence-corrected chi connectivity index (χ1v) is 6.27. The Morgan fingerprint density at radius 1 is 1.26 bits per heavy atom. The number of aromatic nitrogens is 3. The van der Waals surface area contributed by atoms with Gasteiger partial charge in [-0.2, -0.15) is 13.2 Å². The molecule has 19 heavy (non-hydrogen) atoms. The summed E-state index contributed by atoms with van der Waals surface area (Å²) in [5, 5.41) is 8.60. The highest BCUT2D eigenvalue weighted by Crippen LogP contribution is 2.37. The van der Waals surface area contributed by atoms with E-state index in [1.807, 2.05) is 0 Å². The molecule has 0 spiro atoms. The van der Waals surface area contributed by atoms with Gasteiger partial charge in [0.1, 0.15) is 16.3 Å². The number of alkyl halides is 3. The van der Waals surface area contributed by atoms with Crippen molar-refractivity contribution in [1.82, 2.24) is 15.0 Å². The van der Waals surface area contributed by atoms with Crippen molar-refractivity contribution >= 4 is 22.9 Å². The van der Waals surface area contributed by atoms with Crippen LogP contribution in [0.15, 0.2) is 12.4 Å². The lowest BCUT2D eigenvalue weighted by Crippen LogP contribution is -2.09. The second kappa shape index (κ2) is 5.40. The number of nitrogens with zero attached hydrogens (tertiary/aromatic N) is 3. The number of thiazole rings is 1. The zero-order valence-electron chi connectivity index (χ0n) is 9.28. The maximum atomic E-state index is 12.8. The first kappa shape index (κ1) is 14.2. The zero-order valence-corrected chi connectivity index (χ0v) is 10.9. The van der Waals surface area contributed by atoms with Gasteiger partial charge in [-0.3, -0.25) is 0 Å². The van der Waals surface area contributed by atoms with E-state index in [1.54, 1.807) is 0 Å². The summed E-state index contributed by atoms with van der Waals surface area (Å²) in [6.07, 6.45) is -2.20. The predicted octanol–water partition coefficient (Wildman–Crippen LogP) is 2.81. The minimum Gasteiger partial charge on any atom is -0.396 e. The summed E-state index contributed by atoms with van der Waals surface area (Å²) in [5.74, 6) is 0. The average molecular weight is 310 g/mol. The Labute approximate surface area is 114 Å². The maximum absolute atomic E-state index is 12.8. The first-order chi connectivity index (χ1) is 8.91. The predicted molar refractivity (Wildman–Crippen MR) is 63.9 cm³/mol. The number of aliphatic hydroxyl groups is 1. The van der Waals surface area contributed by atoms with E-state index < -0.39 is 11.7 Å². The van der Waals surface area contributed by atoms with Gasteiger partial charge >= 0.3 is 6.18 Å². The molecule has 0 aromatic carbocycles. The van der Waals surface area contributed by atoms with Crippen LogP contribution in [0.3, 0.4) is 0 Å². The van der Waals surface area contributed by atoms with Crippen molar-refractivity contribution in [3.63, 3.8) is 0 Å². The third kappa shape index (κ3) is 3.20. The molecule has 0 fully saturated rings. The van der Waals surface area contributed by atoms with Crippen LogP contribution in [-0.4, -0.2) is 26.7 Å². The van der Waals surface area contributed by atoms with Gasteiger partial charge in [-0.05, 0) is 11.6 Å². The van der Waals surface area contributed by atoms with Crippen LogP contribution in [0, 0.1) is 0 Å². The molecule has 0 bridgehead atoms. The smallest absolute Gasteiger partial charge is 0.396 e. The monoisotopic (exact) mass is 309 g/mol. The molecule has 0 saturated carbocycles. The lowest BCUT2D eigenvalue weighted by Gasteiger charge is -2.09. The molecule has 1 N–H and O–H groups in total. The third-order valence-electron chi connectivity index (χ3n) is 2.18. The summed E-state index contributed by atoms with van der Waals surface area (Å²) < 4.78 is 38.5. The van der Waals surface area contributed by atoms with Crippen LogP contribution in [-0.2, 0) is 12.6 Å². The van der Waals surface area contributed by atoms with Crippen LogP contribution in [0.2, 0.25) is 5.28 Å². The van der Waals surface area contributed by atoms with E-state index in [9.17, 15) is 13.2 Å². The molecular weight excluding hydrogens is 303 g/mol. The molecule has 2 heterocycles. The molecule has 102 valence electrons. The quantitative estimate of drug-likeness (QED) is 0.886. The van der Waals surface area contributed by atoms with Crippen molar-refractivity contribution < 1.29 is 18.3 Å². The number of rotatable bonds is 3. The van der Waals surface area contributed by atoms with Gasteiger partial charge in [0.25, 0.3) is 0 Å². The van der Waals surface area contributed by atoms with Crippen LogP contribution in [0.4, 0.5) is 13.2 Å². The van der Waals surface area contributed by atoms with Gasteiger partial charge in [0.2, 0.25) is 5.28 Å². The van der Waals surface area contributed by atoms with Crippen LogP contribution in [0.1, 0.15) is 10.4 Å². The SMILES string of the molecule is OCCc1cnc(-c2nc(Cl)ncc2C(F)(F)F)s1. The van der Waals surface area contributed by atoms with Crippen LogP contribution < -0.4 is 0 Å². The lowest BCUT2D eigenvalue weighted by atomic mass is 10.2. The van der Waals surface area contributed by atoms with E-state index in [2.05, 4.69) is 15.0 Å². The van der Waals surface area contributed by atoms with Gasteiger partial charge in [-0.25, -0.2) is 15.0 Å². The Bertz CT molecular complexity index is 588. The van der Waals surface area contributed by atoms with Gasteiger partial charge in [-0.1, -0.05) is 0 Å². The Hall–Kier alpha value is -1.25.